The van der Waals surface area contributed by atoms with Crippen LogP contribution >= 0.6 is 0 Å². The van der Waals surface area contributed by atoms with E-state index in [2.05, 4.69) is 20.3 Å². The summed E-state index contributed by atoms with van der Waals surface area (Å²) in [4.78, 5) is 20.7. The van der Waals surface area contributed by atoms with Crippen LogP contribution in [0.5, 0.6) is 5.75 Å². The summed E-state index contributed by atoms with van der Waals surface area (Å²) in [7, 11) is 0. The zero-order chi connectivity index (χ0) is 24.1. The number of rotatable bonds is 6. The Morgan fingerprint density at radius 1 is 1.15 bits per heavy atom. The number of nitrogens with one attached hydrogen (secondary N) is 1. The molecule has 3 aromatic rings. The molecule has 2 amide bonds. The van der Waals surface area contributed by atoms with Crippen LogP contribution in [-0.4, -0.2) is 58.5 Å². The van der Waals surface area contributed by atoms with Gasteiger partial charge in [-0.2, -0.15) is 5.10 Å². The van der Waals surface area contributed by atoms with Crippen molar-refractivity contribution in [2.24, 2.45) is 0 Å². The zero-order valence-electron chi connectivity index (χ0n) is 19.3. The second-order valence-corrected chi connectivity index (χ2v) is 8.02. The molecule has 180 valence electrons. The number of hydrogen-bond donors (Lipinski definition) is 1. The van der Waals surface area contributed by atoms with E-state index in [1.54, 1.807) is 15.9 Å². The van der Waals surface area contributed by atoms with Gasteiger partial charge in [-0.15, -0.1) is 0 Å². The number of benzene rings is 2. The van der Waals surface area contributed by atoms with Gasteiger partial charge in [0.25, 0.3) is 0 Å². The molecule has 10 heteroatoms. The Balaban J connectivity index is 1.41. The quantitative estimate of drug-likeness (QED) is 0.595. The molecule has 1 fully saturated rings. The zero-order valence-corrected chi connectivity index (χ0v) is 19.3. The van der Waals surface area contributed by atoms with Crippen LogP contribution in [0.1, 0.15) is 24.7 Å². The Labute approximate surface area is 197 Å². The number of carbonyl (C=O) groups is 1. The second kappa shape index (κ2) is 10.5. The molecule has 0 bridgehead atoms. The van der Waals surface area contributed by atoms with Crippen molar-refractivity contribution in [1.29, 1.82) is 0 Å². The highest BCUT2D eigenvalue weighted by Crippen LogP contribution is 2.29. The molecule has 1 aliphatic rings. The second-order valence-electron chi connectivity index (χ2n) is 8.02. The van der Waals surface area contributed by atoms with Gasteiger partial charge in [0, 0.05) is 50.0 Å². The van der Waals surface area contributed by atoms with E-state index < -0.39 is 11.6 Å². The van der Waals surface area contributed by atoms with Crippen LogP contribution in [0.25, 0.3) is 5.69 Å². The average Bonchev–Trinajstić information content (AvgIpc) is 3.11. The highest BCUT2D eigenvalue weighted by molar-refractivity contribution is 5.74. The van der Waals surface area contributed by atoms with Crippen molar-refractivity contribution in [3.05, 3.63) is 65.7 Å². The number of aryl methyl sites for hydroxylation is 1. The summed E-state index contributed by atoms with van der Waals surface area (Å²) in [6, 6.07) is 9.60. The Bertz CT molecular complexity index is 1150. The Kier molecular flexibility index (Phi) is 7.24. The van der Waals surface area contributed by atoms with Gasteiger partial charge in [0.15, 0.2) is 11.6 Å². The standard InChI is InChI=1S/C24H28F2N6O2/c1-3-34-22-14-19(8-9-21(22)32-16-28-17(2)29-32)30-10-5-11-31(13-12-30)24(33)27-15-18-6-4-7-20(25)23(18)26/h4,6-9,14,16H,3,5,10-13,15H2,1-2H3,(H,27,33). The van der Waals surface area contributed by atoms with Crippen molar-refractivity contribution >= 4 is 11.7 Å². The number of urea groups is 1. The van der Waals surface area contributed by atoms with Crippen molar-refractivity contribution in [2.75, 3.05) is 37.7 Å². The van der Waals surface area contributed by atoms with Crippen LogP contribution in [0.15, 0.2) is 42.7 Å². The van der Waals surface area contributed by atoms with Gasteiger partial charge in [-0.1, -0.05) is 12.1 Å². The Morgan fingerprint density at radius 2 is 2.00 bits per heavy atom. The minimum atomic E-state index is -0.931. The molecule has 0 unspecified atom stereocenters. The average molecular weight is 471 g/mol. The van der Waals surface area contributed by atoms with Crippen LogP contribution in [-0.2, 0) is 6.54 Å². The predicted octanol–water partition coefficient (Wildman–Crippen LogP) is 3.67. The molecular weight excluding hydrogens is 442 g/mol. The molecule has 1 aromatic heterocycles. The number of halogens is 2. The monoisotopic (exact) mass is 470 g/mol. The number of carbonyl (C=O) groups excluding carboxylic acids is 1. The Morgan fingerprint density at radius 3 is 2.76 bits per heavy atom. The molecule has 4 rings (SSSR count). The van der Waals surface area contributed by atoms with Gasteiger partial charge in [-0.25, -0.2) is 23.2 Å². The molecule has 0 aliphatic carbocycles. The molecular formula is C24H28F2N6O2. The summed E-state index contributed by atoms with van der Waals surface area (Å²) in [6.07, 6.45) is 2.43. The van der Waals surface area contributed by atoms with E-state index in [9.17, 15) is 13.6 Å². The highest BCUT2D eigenvalue weighted by atomic mass is 19.2. The van der Waals surface area contributed by atoms with Gasteiger partial charge in [0.1, 0.15) is 23.6 Å². The fourth-order valence-corrected chi connectivity index (χ4v) is 3.97. The molecule has 1 N–H and O–H groups in total. The van der Waals surface area contributed by atoms with Crippen LogP contribution < -0.4 is 15.0 Å². The maximum absolute atomic E-state index is 13.9. The molecule has 0 radical (unpaired) electrons. The van der Waals surface area contributed by atoms with E-state index in [1.165, 1.54) is 12.1 Å². The fraction of sp³-hybridized carbons (Fsp3) is 0.375. The number of amides is 2. The third kappa shape index (κ3) is 5.27. The predicted molar refractivity (Wildman–Crippen MR) is 124 cm³/mol. The van der Waals surface area contributed by atoms with Crippen molar-refractivity contribution in [3.63, 3.8) is 0 Å². The first-order valence-corrected chi connectivity index (χ1v) is 11.3. The number of ether oxygens (including phenoxy) is 1. The lowest BCUT2D eigenvalue weighted by Gasteiger charge is -2.25. The number of aromatic nitrogens is 3. The number of hydrogen-bond acceptors (Lipinski definition) is 5. The molecule has 0 saturated carbocycles. The van der Waals surface area contributed by atoms with Gasteiger partial charge in [-0.3, -0.25) is 0 Å². The molecule has 8 nitrogen and oxygen atoms in total. The largest absolute Gasteiger partial charge is 0.492 e. The van der Waals surface area contributed by atoms with Crippen LogP contribution in [0, 0.1) is 18.6 Å². The lowest BCUT2D eigenvalue weighted by Crippen LogP contribution is -2.41. The van der Waals surface area contributed by atoms with E-state index in [0.717, 1.165) is 30.4 Å². The minimum Gasteiger partial charge on any atom is -0.492 e. The van der Waals surface area contributed by atoms with Crippen molar-refractivity contribution in [3.8, 4) is 11.4 Å². The smallest absolute Gasteiger partial charge is 0.317 e. The summed E-state index contributed by atoms with van der Waals surface area (Å²) in [5, 5.41) is 7.08. The number of anilines is 1. The lowest BCUT2D eigenvalue weighted by molar-refractivity contribution is 0.201. The summed E-state index contributed by atoms with van der Waals surface area (Å²) in [5.74, 6) is -0.466. The van der Waals surface area contributed by atoms with Gasteiger partial charge >= 0.3 is 6.03 Å². The molecule has 0 atom stereocenters. The first kappa shape index (κ1) is 23.5. The Hall–Kier alpha value is -3.69. The molecule has 2 heterocycles. The normalized spacial score (nSPS) is 14.1. The lowest BCUT2D eigenvalue weighted by atomic mass is 10.2. The summed E-state index contributed by atoms with van der Waals surface area (Å²) in [6.45, 7) is 6.70. The van der Waals surface area contributed by atoms with Crippen LogP contribution in [0.4, 0.5) is 19.3 Å². The first-order valence-electron chi connectivity index (χ1n) is 11.3. The van der Waals surface area contributed by atoms with E-state index in [-0.39, 0.29) is 18.1 Å². The summed E-state index contributed by atoms with van der Waals surface area (Å²) in [5.41, 5.74) is 1.93. The maximum Gasteiger partial charge on any atom is 0.317 e. The third-order valence-corrected chi connectivity index (χ3v) is 5.71. The van der Waals surface area contributed by atoms with E-state index >= 15 is 0 Å². The van der Waals surface area contributed by atoms with E-state index in [0.29, 0.717) is 37.8 Å². The highest BCUT2D eigenvalue weighted by Gasteiger charge is 2.21. The molecule has 0 spiro atoms. The number of nitrogens with zero attached hydrogens (tertiary/aromatic N) is 5. The summed E-state index contributed by atoms with van der Waals surface area (Å²) >= 11 is 0. The molecule has 2 aromatic carbocycles. The molecule has 34 heavy (non-hydrogen) atoms. The maximum atomic E-state index is 13.9. The molecule has 1 aliphatic heterocycles. The fourth-order valence-electron chi connectivity index (χ4n) is 3.97. The van der Waals surface area contributed by atoms with Crippen molar-refractivity contribution in [1.82, 2.24) is 25.0 Å². The van der Waals surface area contributed by atoms with Gasteiger partial charge in [0.05, 0.1) is 6.61 Å². The van der Waals surface area contributed by atoms with Crippen molar-refractivity contribution in [2.45, 2.75) is 26.8 Å². The van der Waals surface area contributed by atoms with Crippen LogP contribution in [0.2, 0.25) is 0 Å². The topological polar surface area (TPSA) is 75.5 Å². The SMILES string of the molecule is CCOc1cc(N2CCCN(C(=O)NCc3cccc(F)c3F)CC2)ccc1-n1cnc(C)n1. The van der Waals surface area contributed by atoms with Crippen LogP contribution in [0.3, 0.4) is 0 Å². The minimum absolute atomic E-state index is 0.0659. The van der Waals surface area contributed by atoms with Gasteiger partial charge in [0.2, 0.25) is 0 Å². The van der Waals surface area contributed by atoms with Gasteiger partial charge < -0.3 is 19.9 Å². The summed E-state index contributed by atoms with van der Waals surface area (Å²) < 4.78 is 34.8. The third-order valence-electron chi connectivity index (χ3n) is 5.71. The van der Waals surface area contributed by atoms with Crippen molar-refractivity contribution < 1.29 is 18.3 Å². The van der Waals surface area contributed by atoms with Gasteiger partial charge in [-0.05, 0) is 38.5 Å². The van der Waals surface area contributed by atoms with E-state index in [1.807, 2.05) is 32.0 Å². The molecule has 1 saturated heterocycles. The first-order chi connectivity index (χ1) is 16.5. The van der Waals surface area contributed by atoms with E-state index in [4.69, 9.17) is 4.74 Å².